The van der Waals surface area contributed by atoms with E-state index in [2.05, 4.69) is 22.9 Å². The molecule has 1 saturated heterocycles. The molecule has 1 aromatic carbocycles. The Morgan fingerprint density at radius 2 is 1.93 bits per heavy atom. The summed E-state index contributed by atoms with van der Waals surface area (Å²) < 4.78 is 17.0. The van der Waals surface area contributed by atoms with Gasteiger partial charge in [-0.1, -0.05) is 15.9 Å². The standard InChI is InChI=1S/C10H9BrO3/c1-10(4-14-10)6-2-8-9(3-7(6)11)13-5-12-8/h2-3H,4-5H2,1H3. The Labute approximate surface area is 90.1 Å². The number of hydrogen-bond acceptors (Lipinski definition) is 3. The molecule has 3 rings (SSSR count). The number of ether oxygens (including phenoxy) is 3. The lowest BCUT2D eigenvalue weighted by atomic mass is 10.0. The van der Waals surface area contributed by atoms with Gasteiger partial charge in [-0.25, -0.2) is 0 Å². The zero-order valence-corrected chi connectivity index (χ0v) is 9.26. The molecule has 2 aliphatic rings. The van der Waals surface area contributed by atoms with Crippen LogP contribution < -0.4 is 9.47 Å². The molecule has 0 amide bonds. The molecule has 0 bridgehead atoms. The van der Waals surface area contributed by atoms with E-state index < -0.39 is 0 Å². The van der Waals surface area contributed by atoms with Crippen molar-refractivity contribution in [1.29, 1.82) is 0 Å². The average molecular weight is 257 g/mol. The molecule has 1 unspecified atom stereocenters. The van der Waals surface area contributed by atoms with Crippen LogP contribution in [-0.2, 0) is 10.3 Å². The minimum Gasteiger partial charge on any atom is -0.454 e. The lowest BCUT2D eigenvalue weighted by molar-refractivity contribution is 0.174. The quantitative estimate of drug-likeness (QED) is 0.724. The molecule has 0 aromatic heterocycles. The van der Waals surface area contributed by atoms with Crippen molar-refractivity contribution in [1.82, 2.24) is 0 Å². The van der Waals surface area contributed by atoms with E-state index in [4.69, 9.17) is 14.2 Å². The maximum absolute atomic E-state index is 5.40. The molecule has 2 heterocycles. The molecule has 0 saturated carbocycles. The number of hydrogen-bond donors (Lipinski definition) is 0. The fourth-order valence-electron chi connectivity index (χ4n) is 1.59. The van der Waals surface area contributed by atoms with Crippen molar-refractivity contribution in [2.45, 2.75) is 12.5 Å². The van der Waals surface area contributed by atoms with E-state index >= 15 is 0 Å². The number of epoxide rings is 1. The first kappa shape index (κ1) is 8.56. The van der Waals surface area contributed by atoms with Crippen molar-refractivity contribution < 1.29 is 14.2 Å². The van der Waals surface area contributed by atoms with Gasteiger partial charge in [0.1, 0.15) is 5.60 Å². The minimum atomic E-state index is -0.139. The number of rotatable bonds is 1. The minimum absolute atomic E-state index is 0.139. The fraction of sp³-hybridized carbons (Fsp3) is 0.400. The highest BCUT2D eigenvalue weighted by Gasteiger charge is 2.43. The summed E-state index contributed by atoms with van der Waals surface area (Å²) in [5, 5.41) is 0. The highest BCUT2D eigenvalue weighted by atomic mass is 79.9. The maximum atomic E-state index is 5.40. The Morgan fingerprint density at radius 1 is 1.29 bits per heavy atom. The second-order valence-corrected chi connectivity index (χ2v) is 4.56. The van der Waals surface area contributed by atoms with Crippen LogP contribution in [0, 0.1) is 0 Å². The van der Waals surface area contributed by atoms with Crippen molar-refractivity contribution in [3.8, 4) is 11.5 Å². The normalized spacial score (nSPS) is 27.9. The Balaban J connectivity index is 2.13. The number of benzene rings is 1. The predicted molar refractivity (Wildman–Crippen MR) is 53.6 cm³/mol. The Morgan fingerprint density at radius 3 is 2.57 bits per heavy atom. The molecule has 1 aromatic rings. The van der Waals surface area contributed by atoms with Crippen LogP contribution in [0.3, 0.4) is 0 Å². The van der Waals surface area contributed by atoms with Gasteiger partial charge >= 0.3 is 0 Å². The number of halogens is 1. The van der Waals surface area contributed by atoms with Gasteiger partial charge in [0, 0.05) is 10.0 Å². The first-order chi connectivity index (χ1) is 6.69. The molecular formula is C10H9BrO3. The average Bonchev–Trinajstić information content (AvgIpc) is 2.75. The van der Waals surface area contributed by atoms with Crippen LogP contribution in [0.25, 0.3) is 0 Å². The molecule has 3 nitrogen and oxygen atoms in total. The fourth-order valence-corrected chi connectivity index (χ4v) is 2.33. The Hall–Kier alpha value is -0.740. The van der Waals surface area contributed by atoms with Gasteiger partial charge in [0.15, 0.2) is 11.5 Å². The molecule has 0 aliphatic carbocycles. The third-order valence-corrected chi connectivity index (χ3v) is 3.27. The molecule has 2 aliphatic heterocycles. The zero-order valence-electron chi connectivity index (χ0n) is 7.67. The van der Waals surface area contributed by atoms with Crippen LogP contribution in [0.1, 0.15) is 12.5 Å². The lowest BCUT2D eigenvalue weighted by Gasteiger charge is -2.09. The van der Waals surface area contributed by atoms with Crippen molar-refractivity contribution in [3.63, 3.8) is 0 Å². The summed E-state index contributed by atoms with van der Waals surface area (Å²) in [7, 11) is 0. The second-order valence-electron chi connectivity index (χ2n) is 3.70. The van der Waals surface area contributed by atoms with Crippen LogP contribution >= 0.6 is 15.9 Å². The van der Waals surface area contributed by atoms with Gasteiger partial charge in [0.05, 0.1) is 6.61 Å². The van der Waals surface area contributed by atoms with Crippen molar-refractivity contribution in [3.05, 3.63) is 22.2 Å². The zero-order chi connectivity index (χ0) is 9.76. The van der Waals surface area contributed by atoms with E-state index in [-0.39, 0.29) is 5.60 Å². The monoisotopic (exact) mass is 256 g/mol. The highest BCUT2D eigenvalue weighted by molar-refractivity contribution is 9.10. The summed E-state index contributed by atoms with van der Waals surface area (Å²) >= 11 is 3.51. The van der Waals surface area contributed by atoms with E-state index in [0.29, 0.717) is 6.79 Å². The largest absolute Gasteiger partial charge is 0.454 e. The van der Waals surface area contributed by atoms with E-state index in [0.717, 1.165) is 28.1 Å². The van der Waals surface area contributed by atoms with Gasteiger partial charge in [-0.3, -0.25) is 0 Å². The van der Waals surface area contributed by atoms with Crippen molar-refractivity contribution in [2.75, 3.05) is 13.4 Å². The SMILES string of the molecule is CC1(c2cc3c(cc2Br)OCO3)CO1. The molecule has 1 fully saturated rings. The molecule has 1 atom stereocenters. The van der Waals surface area contributed by atoms with E-state index in [9.17, 15) is 0 Å². The molecular weight excluding hydrogens is 248 g/mol. The maximum Gasteiger partial charge on any atom is 0.231 e. The predicted octanol–water partition coefficient (Wildman–Crippen LogP) is 2.42. The molecule has 4 heteroatoms. The molecule has 0 radical (unpaired) electrons. The first-order valence-electron chi connectivity index (χ1n) is 4.43. The van der Waals surface area contributed by atoms with Gasteiger partial charge in [0.25, 0.3) is 0 Å². The van der Waals surface area contributed by atoms with Crippen LogP contribution in [0.5, 0.6) is 11.5 Å². The summed E-state index contributed by atoms with van der Waals surface area (Å²) in [6.45, 7) is 3.14. The molecule has 74 valence electrons. The van der Waals surface area contributed by atoms with E-state index in [1.807, 2.05) is 12.1 Å². The summed E-state index contributed by atoms with van der Waals surface area (Å²) in [5.41, 5.74) is 0.988. The lowest BCUT2D eigenvalue weighted by Crippen LogP contribution is -2.02. The van der Waals surface area contributed by atoms with Crippen LogP contribution in [-0.4, -0.2) is 13.4 Å². The third-order valence-electron chi connectivity index (χ3n) is 2.61. The Bertz CT molecular complexity index is 399. The van der Waals surface area contributed by atoms with E-state index in [1.165, 1.54) is 0 Å². The van der Waals surface area contributed by atoms with Gasteiger partial charge in [-0.05, 0) is 19.1 Å². The summed E-state index contributed by atoms with van der Waals surface area (Å²) in [6.07, 6.45) is 0. The highest BCUT2D eigenvalue weighted by Crippen LogP contribution is 2.46. The second kappa shape index (κ2) is 2.64. The van der Waals surface area contributed by atoms with Crippen LogP contribution in [0.4, 0.5) is 0 Å². The van der Waals surface area contributed by atoms with Crippen LogP contribution in [0.15, 0.2) is 16.6 Å². The summed E-state index contributed by atoms with van der Waals surface area (Å²) in [5.74, 6) is 1.60. The topological polar surface area (TPSA) is 31.0 Å². The Kier molecular flexibility index (Phi) is 1.61. The van der Waals surface area contributed by atoms with Crippen molar-refractivity contribution >= 4 is 15.9 Å². The van der Waals surface area contributed by atoms with Crippen LogP contribution in [0.2, 0.25) is 0 Å². The third kappa shape index (κ3) is 1.14. The molecule has 14 heavy (non-hydrogen) atoms. The molecule has 0 spiro atoms. The smallest absolute Gasteiger partial charge is 0.231 e. The van der Waals surface area contributed by atoms with Gasteiger partial charge in [0.2, 0.25) is 6.79 Å². The summed E-state index contributed by atoms with van der Waals surface area (Å²) in [4.78, 5) is 0. The van der Waals surface area contributed by atoms with E-state index in [1.54, 1.807) is 0 Å². The first-order valence-corrected chi connectivity index (χ1v) is 5.22. The van der Waals surface area contributed by atoms with Gasteiger partial charge in [-0.2, -0.15) is 0 Å². The molecule has 0 N–H and O–H groups in total. The van der Waals surface area contributed by atoms with Gasteiger partial charge < -0.3 is 14.2 Å². The van der Waals surface area contributed by atoms with Gasteiger partial charge in [-0.15, -0.1) is 0 Å². The summed E-state index contributed by atoms with van der Waals surface area (Å²) in [6, 6.07) is 3.92. The number of fused-ring (bicyclic) bond motifs is 1. The van der Waals surface area contributed by atoms with Crippen molar-refractivity contribution in [2.24, 2.45) is 0 Å².